The van der Waals surface area contributed by atoms with E-state index in [0.717, 1.165) is 23.5 Å². The van der Waals surface area contributed by atoms with Gasteiger partial charge in [0.2, 0.25) is 4.77 Å². The lowest BCUT2D eigenvalue weighted by Crippen LogP contribution is -3.15. The molecule has 0 amide bonds. The van der Waals surface area contributed by atoms with Crippen LogP contribution >= 0.6 is 12.2 Å². The van der Waals surface area contributed by atoms with Crippen molar-refractivity contribution in [3.63, 3.8) is 0 Å². The average Bonchev–Trinajstić information content (AvgIpc) is 3.17. The Morgan fingerprint density at radius 1 is 1.39 bits per heavy atom. The van der Waals surface area contributed by atoms with E-state index in [1.807, 2.05) is 21.4 Å². The third-order valence-corrected chi connectivity index (χ3v) is 7.53. The van der Waals surface area contributed by atoms with Gasteiger partial charge >= 0.3 is 0 Å². The Balaban J connectivity index is 1.93. The smallest absolute Gasteiger partial charge is 0.203 e. The van der Waals surface area contributed by atoms with Crippen LogP contribution in [0.15, 0.2) is 24.3 Å². The summed E-state index contributed by atoms with van der Waals surface area (Å²) in [6, 6.07) is 8.30. The first kappa shape index (κ1) is 21.2. The SMILES string of the molecule is CC[NH+](Cn1nc(-c2cccc(C)c2)n(CCOC)c1=S)[C@@H]1CCS(=O)(=O)C1. The summed E-state index contributed by atoms with van der Waals surface area (Å²) < 4.78 is 33.5. The van der Waals surface area contributed by atoms with Gasteiger partial charge in [0.25, 0.3) is 0 Å². The highest BCUT2D eigenvalue weighted by molar-refractivity contribution is 7.91. The van der Waals surface area contributed by atoms with Crippen LogP contribution in [0.3, 0.4) is 0 Å². The lowest BCUT2D eigenvalue weighted by molar-refractivity contribution is -0.943. The molecule has 0 bridgehead atoms. The van der Waals surface area contributed by atoms with Crippen LogP contribution in [0.1, 0.15) is 18.9 Å². The number of ether oxygens (including phenoxy) is 1. The molecule has 0 radical (unpaired) electrons. The summed E-state index contributed by atoms with van der Waals surface area (Å²) in [5.41, 5.74) is 2.18. The second-order valence-electron chi connectivity index (χ2n) is 7.39. The molecular formula is C19H29N4O3S2+. The van der Waals surface area contributed by atoms with E-state index in [1.165, 1.54) is 4.90 Å². The molecule has 0 spiro atoms. The summed E-state index contributed by atoms with van der Waals surface area (Å²) in [6.07, 6.45) is 0.702. The van der Waals surface area contributed by atoms with Gasteiger partial charge in [0.05, 0.1) is 25.4 Å². The van der Waals surface area contributed by atoms with Crippen molar-refractivity contribution in [3.8, 4) is 11.4 Å². The third kappa shape index (κ3) is 4.71. The fourth-order valence-corrected chi connectivity index (χ4v) is 5.87. The number of hydrogen-bond acceptors (Lipinski definition) is 5. The Hall–Kier alpha value is -1.55. The van der Waals surface area contributed by atoms with E-state index in [1.54, 1.807) is 7.11 Å². The van der Waals surface area contributed by atoms with Crippen LogP contribution in [0, 0.1) is 11.7 Å². The zero-order chi connectivity index (χ0) is 20.3. The maximum absolute atomic E-state index is 11.9. The van der Waals surface area contributed by atoms with Crippen molar-refractivity contribution in [2.24, 2.45) is 0 Å². The standard InChI is InChI=1S/C19H28N4O3S2/c1-4-21(17-8-11-28(24,25)13-17)14-23-19(27)22(9-10-26-3)18(20-23)16-7-5-6-15(2)12-16/h5-7,12,17H,4,8-11,13-14H2,1-3H3/p+1/t17-/m1/s1. The number of aromatic nitrogens is 3. The summed E-state index contributed by atoms with van der Waals surface area (Å²) in [7, 11) is -1.24. The minimum absolute atomic E-state index is 0.100. The van der Waals surface area contributed by atoms with Gasteiger partial charge in [-0.05, 0) is 32.1 Å². The van der Waals surface area contributed by atoms with Gasteiger partial charge in [-0.3, -0.25) is 4.57 Å². The van der Waals surface area contributed by atoms with E-state index in [9.17, 15) is 8.42 Å². The minimum Gasteiger partial charge on any atom is -0.383 e. The lowest BCUT2D eigenvalue weighted by atomic mass is 10.1. The first-order valence-electron chi connectivity index (χ1n) is 9.63. The highest BCUT2D eigenvalue weighted by atomic mass is 32.2. The number of benzene rings is 1. The van der Waals surface area contributed by atoms with Gasteiger partial charge in [-0.15, -0.1) is 5.10 Å². The lowest BCUT2D eigenvalue weighted by Gasteiger charge is -2.23. The number of nitrogens with zero attached hydrogens (tertiary/aromatic N) is 3. The molecule has 1 aliphatic rings. The molecule has 1 N–H and O–H groups in total. The van der Waals surface area contributed by atoms with Crippen LogP contribution in [0.2, 0.25) is 0 Å². The fourth-order valence-electron chi connectivity index (χ4n) is 3.76. The Morgan fingerprint density at radius 3 is 2.79 bits per heavy atom. The van der Waals surface area contributed by atoms with E-state index < -0.39 is 9.84 Å². The van der Waals surface area contributed by atoms with Crippen molar-refractivity contribution in [1.82, 2.24) is 14.3 Å². The molecule has 154 valence electrons. The summed E-state index contributed by atoms with van der Waals surface area (Å²) >= 11 is 5.72. The van der Waals surface area contributed by atoms with Crippen LogP contribution in [0.4, 0.5) is 0 Å². The molecular weight excluding hydrogens is 396 g/mol. The van der Waals surface area contributed by atoms with E-state index in [-0.39, 0.29) is 17.5 Å². The topological polar surface area (TPSA) is 70.6 Å². The second-order valence-corrected chi connectivity index (χ2v) is 9.98. The van der Waals surface area contributed by atoms with Crippen LogP contribution in [0.5, 0.6) is 0 Å². The van der Waals surface area contributed by atoms with Crippen molar-refractivity contribution in [1.29, 1.82) is 0 Å². The van der Waals surface area contributed by atoms with E-state index >= 15 is 0 Å². The Morgan fingerprint density at radius 2 is 2.18 bits per heavy atom. The van der Waals surface area contributed by atoms with Crippen molar-refractivity contribution in [2.75, 3.05) is 31.8 Å². The number of nitrogens with one attached hydrogen (secondary N) is 1. The van der Waals surface area contributed by atoms with Gasteiger partial charge in [0.15, 0.2) is 22.3 Å². The van der Waals surface area contributed by atoms with Gasteiger partial charge in [0.1, 0.15) is 11.8 Å². The van der Waals surface area contributed by atoms with Crippen molar-refractivity contribution in [3.05, 3.63) is 34.6 Å². The van der Waals surface area contributed by atoms with Gasteiger partial charge in [-0.25, -0.2) is 8.42 Å². The molecule has 9 heteroatoms. The molecule has 7 nitrogen and oxygen atoms in total. The molecule has 1 aromatic heterocycles. The minimum atomic E-state index is -2.91. The molecule has 2 aromatic rings. The number of hydrogen-bond donors (Lipinski definition) is 1. The van der Waals surface area contributed by atoms with E-state index in [2.05, 4.69) is 26.0 Å². The Labute approximate surface area is 171 Å². The summed E-state index contributed by atoms with van der Waals surface area (Å²) in [5, 5.41) is 4.82. The molecule has 1 unspecified atom stereocenters. The van der Waals surface area contributed by atoms with Crippen LogP contribution in [0.25, 0.3) is 11.4 Å². The highest BCUT2D eigenvalue weighted by Gasteiger charge is 2.35. The molecule has 2 atom stereocenters. The van der Waals surface area contributed by atoms with Gasteiger partial charge in [-0.1, -0.05) is 23.8 Å². The fraction of sp³-hybridized carbons (Fsp3) is 0.579. The first-order valence-corrected chi connectivity index (χ1v) is 11.9. The van der Waals surface area contributed by atoms with E-state index in [0.29, 0.717) is 31.0 Å². The summed E-state index contributed by atoms with van der Waals surface area (Å²) in [6.45, 7) is 6.69. The third-order valence-electron chi connectivity index (χ3n) is 5.33. The molecule has 28 heavy (non-hydrogen) atoms. The number of methoxy groups -OCH3 is 1. The van der Waals surface area contributed by atoms with Crippen LogP contribution in [-0.4, -0.2) is 60.6 Å². The number of aryl methyl sites for hydroxylation is 1. The monoisotopic (exact) mass is 425 g/mol. The molecule has 0 saturated carbocycles. The number of quaternary nitrogens is 1. The highest BCUT2D eigenvalue weighted by Crippen LogP contribution is 2.19. The van der Waals surface area contributed by atoms with E-state index in [4.69, 9.17) is 22.1 Å². The van der Waals surface area contributed by atoms with Gasteiger partial charge < -0.3 is 9.64 Å². The van der Waals surface area contributed by atoms with Crippen molar-refractivity contribution < 1.29 is 18.1 Å². The molecule has 1 fully saturated rings. The maximum atomic E-state index is 11.9. The number of rotatable bonds is 8. The zero-order valence-electron chi connectivity index (χ0n) is 16.7. The van der Waals surface area contributed by atoms with Crippen LogP contribution < -0.4 is 4.90 Å². The summed E-state index contributed by atoms with van der Waals surface area (Å²) in [5.74, 6) is 1.35. The molecule has 3 rings (SSSR count). The number of sulfone groups is 1. The maximum Gasteiger partial charge on any atom is 0.203 e. The normalized spacial score (nSPS) is 19.8. The average molecular weight is 426 g/mol. The molecule has 1 aromatic carbocycles. The van der Waals surface area contributed by atoms with Crippen molar-refractivity contribution >= 4 is 22.1 Å². The molecule has 1 aliphatic heterocycles. The molecule has 2 heterocycles. The quantitative estimate of drug-likeness (QED) is 0.641. The largest absolute Gasteiger partial charge is 0.383 e. The second kappa shape index (κ2) is 8.86. The summed E-state index contributed by atoms with van der Waals surface area (Å²) in [4.78, 5) is 1.20. The molecule has 1 saturated heterocycles. The van der Waals surface area contributed by atoms with Crippen molar-refractivity contribution in [2.45, 2.75) is 39.5 Å². The van der Waals surface area contributed by atoms with Gasteiger partial charge in [0, 0.05) is 19.1 Å². The first-order chi connectivity index (χ1) is 13.3. The van der Waals surface area contributed by atoms with Crippen LogP contribution in [-0.2, 0) is 27.8 Å². The van der Waals surface area contributed by atoms with Gasteiger partial charge in [-0.2, -0.15) is 4.68 Å². The predicted octanol–water partition coefficient (Wildman–Crippen LogP) is 1.09. The molecule has 0 aliphatic carbocycles. The predicted molar refractivity (Wildman–Crippen MR) is 112 cm³/mol. The Bertz CT molecular complexity index is 981. The Kier molecular flexibility index (Phi) is 6.69. The zero-order valence-corrected chi connectivity index (χ0v) is 18.4.